The summed E-state index contributed by atoms with van der Waals surface area (Å²) in [7, 11) is 3.16. The molecule has 1 aliphatic rings. The molecule has 0 radical (unpaired) electrons. The summed E-state index contributed by atoms with van der Waals surface area (Å²) >= 11 is 1.29. The Morgan fingerprint density at radius 2 is 1.69 bits per heavy atom. The number of Topliss-reactive ketones (excluding diaryl/α,β-unsaturated/α-hetero) is 1. The highest BCUT2D eigenvalue weighted by atomic mass is 32.1. The second-order valence-electron chi connectivity index (χ2n) is 10.6. The highest BCUT2D eigenvalue weighted by molar-refractivity contribution is 7.22. The molecule has 7 nitrogen and oxygen atoms in total. The van der Waals surface area contributed by atoms with Crippen molar-refractivity contribution in [1.82, 2.24) is 4.98 Å². The Balaban J connectivity index is 1.71. The maximum absolute atomic E-state index is 13.6. The topological polar surface area (TPSA) is 89.0 Å². The van der Waals surface area contributed by atoms with Gasteiger partial charge in [0.1, 0.15) is 17.3 Å². The summed E-state index contributed by atoms with van der Waals surface area (Å²) in [6.45, 7) is 8.22. The summed E-state index contributed by atoms with van der Waals surface area (Å²) in [6, 6.07) is 17.6. The predicted octanol–water partition coefficient (Wildman–Crippen LogP) is 6.55. The highest BCUT2D eigenvalue weighted by Crippen LogP contribution is 2.45. The largest absolute Gasteiger partial charge is 0.507 e. The number of rotatable bonds is 5. The lowest BCUT2D eigenvalue weighted by Crippen LogP contribution is -2.29. The van der Waals surface area contributed by atoms with Gasteiger partial charge in [-0.1, -0.05) is 56.4 Å². The van der Waals surface area contributed by atoms with Crippen LogP contribution in [-0.4, -0.2) is 36.0 Å². The summed E-state index contributed by atoms with van der Waals surface area (Å²) in [4.78, 5) is 33.2. The molecule has 1 aliphatic heterocycles. The van der Waals surface area contributed by atoms with Gasteiger partial charge in [-0.2, -0.15) is 0 Å². The fourth-order valence-electron chi connectivity index (χ4n) is 4.81. The van der Waals surface area contributed by atoms with Crippen LogP contribution in [0.4, 0.5) is 5.13 Å². The van der Waals surface area contributed by atoms with Crippen LogP contribution in [0.15, 0.2) is 66.2 Å². The number of aliphatic hydroxyl groups is 1. The first-order chi connectivity index (χ1) is 18.5. The van der Waals surface area contributed by atoms with E-state index in [1.54, 1.807) is 38.5 Å². The summed E-state index contributed by atoms with van der Waals surface area (Å²) in [5.74, 6) is -0.412. The first-order valence-corrected chi connectivity index (χ1v) is 13.4. The number of hydrogen-bond donors (Lipinski definition) is 1. The Hall–Kier alpha value is -4.17. The van der Waals surface area contributed by atoms with Crippen molar-refractivity contribution in [2.75, 3.05) is 19.1 Å². The zero-order valence-corrected chi connectivity index (χ0v) is 23.6. The molecule has 1 saturated heterocycles. The molecule has 0 saturated carbocycles. The van der Waals surface area contributed by atoms with Crippen LogP contribution in [0.2, 0.25) is 0 Å². The van der Waals surface area contributed by atoms with Gasteiger partial charge in [-0.05, 0) is 65.4 Å². The molecule has 8 heteroatoms. The number of amides is 1. The number of hydrogen-bond acceptors (Lipinski definition) is 7. The summed E-state index contributed by atoms with van der Waals surface area (Å²) < 4.78 is 11.5. The monoisotopic (exact) mass is 542 g/mol. The first-order valence-electron chi connectivity index (χ1n) is 12.5. The van der Waals surface area contributed by atoms with Crippen molar-refractivity contribution < 1.29 is 24.2 Å². The van der Waals surface area contributed by atoms with Crippen molar-refractivity contribution in [2.45, 2.75) is 39.2 Å². The van der Waals surface area contributed by atoms with Crippen molar-refractivity contribution in [2.24, 2.45) is 0 Å². The molecule has 1 amide bonds. The van der Waals surface area contributed by atoms with Crippen LogP contribution in [0.3, 0.4) is 0 Å². The van der Waals surface area contributed by atoms with Crippen LogP contribution >= 0.6 is 11.3 Å². The van der Waals surface area contributed by atoms with Crippen molar-refractivity contribution in [1.29, 1.82) is 0 Å². The number of fused-ring (bicyclic) bond motifs is 1. The number of anilines is 1. The number of ether oxygens (including phenoxy) is 2. The third kappa shape index (κ3) is 4.65. The van der Waals surface area contributed by atoms with Crippen LogP contribution in [0.1, 0.15) is 49.1 Å². The van der Waals surface area contributed by atoms with Crippen molar-refractivity contribution in [3.05, 3.63) is 88.5 Å². The zero-order chi connectivity index (χ0) is 28.1. The Morgan fingerprint density at radius 1 is 0.974 bits per heavy atom. The number of ketones is 1. The van der Waals surface area contributed by atoms with Crippen molar-refractivity contribution in [3.63, 3.8) is 0 Å². The molecular weight excluding hydrogens is 512 g/mol. The Labute approximate surface area is 231 Å². The lowest BCUT2D eigenvalue weighted by atomic mass is 9.85. The number of methoxy groups -OCH3 is 2. The molecule has 0 spiro atoms. The standard InChI is InChI=1S/C31H30N2O5S/c1-17-15-19(9-14-23(17)38-6)27(34)25-26(18-7-10-20(11-8-18)31(2,3)4)33(29(36)28(25)35)30-32-22-13-12-21(37-5)16-24(22)39-30/h7-16,26,34H,1-6H3/b27-25+. The van der Waals surface area contributed by atoms with E-state index in [0.29, 0.717) is 33.3 Å². The molecule has 3 aromatic carbocycles. The minimum Gasteiger partial charge on any atom is -0.507 e. The van der Waals surface area contributed by atoms with Gasteiger partial charge in [0.05, 0.1) is 36.1 Å². The van der Waals surface area contributed by atoms with Crippen molar-refractivity contribution >= 4 is 44.1 Å². The molecule has 200 valence electrons. The van der Waals surface area contributed by atoms with E-state index in [1.807, 2.05) is 43.3 Å². The van der Waals surface area contributed by atoms with Gasteiger partial charge >= 0.3 is 5.91 Å². The third-order valence-corrected chi connectivity index (χ3v) is 8.01. The molecule has 0 aliphatic carbocycles. The van der Waals surface area contributed by atoms with Gasteiger partial charge in [0, 0.05) is 5.56 Å². The van der Waals surface area contributed by atoms with Crippen molar-refractivity contribution in [3.8, 4) is 11.5 Å². The molecule has 1 aromatic heterocycles. The van der Waals surface area contributed by atoms with Gasteiger partial charge in [-0.15, -0.1) is 0 Å². The predicted molar refractivity (Wildman–Crippen MR) is 154 cm³/mol. The number of thiazole rings is 1. The molecule has 0 bridgehead atoms. The normalized spacial score (nSPS) is 17.2. The number of aliphatic hydroxyl groups excluding tert-OH is 1. The van der Waals surface area contributed by atoms with Gasteiger partial charge in [0.15, 0.2) is 5.13 Å². The Kier molecular flexibility index (Phi) is 6.68. The minimum absolute atomic E-state index is 0.0184. The average molecular weight is 543 g/mol. The number of carbonyl (C=O) groups is 2. The van der Waals surface area contributed by atoms with Crippen LogP contribution in [0.25, 0.3) is 16.0 Å². The number of benzene rings is 3. The van der Waals surface area contributed by atoms with E-state index in [-0.39, 0.29) is 16.7 Å². The van der Waals surface area contributed by atoms with Crippen LogP contribution in [-0.2, 0) is 15.0 Å². The minimum atomic E-state index is -0.858. The van der Waals surface area contributed by atoms with Gasteiger partial charge < -0.3 is 14.6 Å². The molecular formula is C31H30N2O5S. The molecule has 2 heterocycles. The molecule has 4 aromatic rings. The molecule has 5 rings (SSSR count). The van der Waals surface area contributed by atoms with Crippen LogP contribution in [0.5, 0.6) is 11.5 Å². The number of aromatic nitrogens is 1. The summed E-state index contributed by atoms with van der Waals surface area (Å²) in [5.41, 5.74) is 3.66. The van der Waals surface area contributed by atoms with E-state index in [4.69, 9.17) is 9.47 Å². The summed E-state index contributed by atoms with van der Waals surface area (Å²) in [6.07, 6.45) is 0. The Bertz CT molecular complexity index is 1630. The number of aryl methyl sites for hydroxylation is 1. The van der Waals surface area contributed by atoms with Crippen LogP contribution < -0.4 is 14.4 Å². The van der Waals surface area contributed by atoms with Crippen LogP contribution in [0, 0.1) is 6.92 Å². The zero-order valence-electron chi connectivity index (χ0n) is 22.7. The molecule has 1 fully saturated rings. The molecule has 1 unspecified atom stereocenters. The second-order valence-corrected chi connectivity index (χ2v) is 11.6. The lowest BCUT2D eigenvalue weighted by molar-refractivity contribution is -0.132. The van der Waals surface area contributed by atoms with E-state index in [1.165, 1.54) is 16.2 Å². The molecule has 1 atom stereocenters. The van der Waals surface area contributed by atoms with E-state index in [2.05, 4.69) is 25.8 Å². The number of carbonyl (C=O) groups excluding carboxylic acids is 2. The second kappa shape index (κ2) is 9.85. The fraction of sp³-hybridized carbons (Fsp3) is 0.258. The fourth-order valence-corrected chi connectivity index (χ4v) is 5.84. The van der Waals surface area contributed by atoms with E-state index < -0.39 is 17.7 Å². The van der Waals surface area contributed by atoms with Gasteiger partial charge in [-0.25, -0.2) is 4.98 Å². The molecule has 1 N–H and O–H groups in total. The quantitative estimate of drug-likeness (QED) is 0.175. The maximum Gasteiger partial charge on any atom is 0.301 e. The Morgan fingerprint density at radius 3 is 2.31 bits per heavy atom. The van der Waals surface area contributed by atoms with E-state index in [9.17, 15) is 14.7 Å². The summed E-state index contributed by atoms with van der Waals surface area (Å²) in [5, 5.41) is 11.9. The van der Waals surface area contributed by atoms with Gasteiger partial charge in [0.25, 0.3) is 5.78 Å². The first kappa shape index (κ1) is 26.4. The molecule has 39 heavy (non-hydrogen) atoms. The average Bonchev–Trinajstić information content (AvgIpc) is 3.45. The maximum atomic E-state index is 13.6. The van der Waals surface area contributed by atoms with Gasteiger partial charge in [0.2, 0.25) is 0 Å². The van der Waals surface area contributed by atoms with E-state index >= 15 is 0 Å². The highest BCUT2D eigenvalue weighted by Gasteiger charge is 2.48. The lowest BCUT2D eigenvalue weighted by Gasteiger charge is -2.24. The number of nitrogens with zero attached hydrogens (tertiary/aromatic N) is 2. The third-order valence-electron chi connectivity index (χ3n) is 7.00. The van der Waals surface area contributed by atoms with E-state index in [0.717, 1.165) is 15.8 Å². The smallest absolute Gasteiger partial charge is 0.301 e. The SMILES string of the molecule is COc1ccc2nc(N3C(=O)C(=O)/C(=C(/O)c4ccc(OC)c(C)c4)C3c3ccc(C(C)(C)C)cc3)sc2c1. The van der Waals surface area contributed by atoms with Gasteiger partial charge in [-0.3, -0.25) is 14.5 Å².